The normalized spacial score (nSPS) is 29.7. The van der Waals surface area contributed by atoms with Crippen molar-refractivity contribution in [1.29, 1.82) is 0 Å². The van der Waals surface area contributed by atoms with Gasteiger partial charge >= 0.3 is 5.69 Å². The summed E-state index contributed by atoms with van der Waals surface area (Å²) in [4.78, 5) is 15.7. The van der Waals surface area contributed by atoms with Gasteiger partial charge in [0.15, 0.2) is 6.23 Å². The van der Waals surface area contributed by atoms with Crippen LogP contribution in [-0.4, -0.2) is 56.9 Å². The van der Waals surface area contributed by atoms with Gasteiger partial charge in [-0.2, -0.15) is 4.98 Å². The molecule has 0 aliphatic carbocycles. The number of nitrogens with two attached hydrogens (primary N) is 1. The lowest BCUT2D eigenvalue weighted by Gasteiger charge is -2.21. The van der Waals surface area contributed by atoms with E-state index >= 15 is 0 Å². The molecule has 3 unspecified atom stereocenters. The van der Waals surface area contributed by atoms with E-state index in [0.717, 1.165) is 4.57 Å². The van der Waals surface area contributed by atoms with Gasteiger partial charge in [-0.3, -0.25) is 4.57 Å². The highest BCUT2D eigenvalue weighted by atomic mass is 16.6. The van der Waals surface area contributed by atoms with Gasteiger partial charge in [-0.05, 0) is 6.42 Å². The predicted octanol–water partition coefficient (Wildman–Crippen LogP) is -1.47. The Balaban J connectivity index is 2.43. The second-order valence-corrected chi connectivity index (χ2v) is 5.13. The third kappa shape index (κ3) is 2.85. The van der Waals surface area contributed by atoms with Crippen molar-refractivity contribution in [3.63, 3.8) is 0 Å². The van der Waals surface area contributed by atoms with Crippen molar-refractivity contribution in [3.05, 3.63) is 22.2 Å². The molecule has 1 aromatic heterocycles. The zero-order chi connectivity index (χ0) is 16.4. The van der Waals surface area contributed by atoms with E-state index in [2.05, 4.69) is 4.98 Å². The summed E-state index contributed by atoms with van der Waals surface area (Å²) in [5.74, 6) is 0.0432. The third-order valence-corrected chi connectivity index (χ3v) is 3.80. The second kappa shape index (κ2) is 6.71. The number of methoxy groups -OCH3 is 1. The Labute approximate surface area is 126 Å². The number of rotatable bonds is 5. The molecular weight excluding hydrogens is 294 g/mol. The minimum atomic E-state index is -1.37. The molecule has 1 aromatic rings. The van der Waals surface area contributed by atoms with Crippen molar-refractivity contribution >= 4 is 5.82 Å². The lowest BCUT2D eigenvalue weighted by molar-refractivity contribution is -0.0553. The molecule has 0 saturated carbocycles. The Morgan fingerprint density at radius 3 is 2.68 bits per heavy atom. The van der Waals surface area contributed by atoms with Crippen LogP contribution in [0.5, 0.6) is 0 Å². The lowest BCUT2D eigenvalue weighted by atomic mass is 10.1. The maximum absolute atomic E-state index is 12.0. The summed E-state index contributed by atoms with van der Waals surface area (Å²) in [7, 11) is 1.51. The Morgan fingerprint density at radius 2 is 2.18 bits per heavy atom. The summed E-state index contributed by atoms with van der Waals surface area (Å²) < 4.78 is 11.7. The van der Waals surface area contributed by atoms with Gasteiger partial charge < -0.3 is 30.5 Å². The summed E-state index contributed by atoms with van der Waals surface area (Å²) in [6.07, 6.45) is -3.14. The molecule has 22 heavy (non-hydrogen) atoms. The first-order valence-electron chi connectivity index (χ1n) is 6.98. The summed E-state index contributed by atoms with van der Waals surface area (Å²) in [6.45, 7) is 1.41. The van der Waals surface area contributed by atoms with Crippen LogP contribution in [0.15, 0.2) is 11.0 Å². The van der Waals surface area contributed by atoms with E-state index in [1.807, 2.05) is 6.92 Å². The average Bonchev–Trinajstić information content (AvgIpc) is 2.78. The van der Waals surface area contributed by atoms with Crippen LogP contribution in [0.25, 0.3) is 0 Å². The molecule has 9 heteroatoms. The fourth-order valence-corrected chi connectivity index (χ4v) is 2.55. The lowest BCUT2D eigenvalue weighted by Crippen LogP contribution is -2.36. The zero-order valence-electron chi connectivity index (χ0n) is 12.4. The zero-order valence-corrected chi connectivity index (χ0v) is 12.4. The van der Waals surface area contributed by atoms with Gasteiger partial charge in [-0.15, -0.1) is 0 Å². The first kappa shape index (κ1) is 16.8. The molecule has 9 nitrogen and oxygen atoms in total. The van der Waals surface area contributed by atoms with Crippen molar-refractivity contribution in [3.8, 4) is 0 Å². The maximum Gasteiger partial charge on any atom is 0.351 e. The standard InChI is InChI=1S/C13H21N3O6/c1-3-7(21-2)6-4-16(13(20)15-11(6)14)12-10(19)9(18)8(5-17)22-12/h4,7-10,12,17-19H,3,5H2,1-2H3,(H2,14,15,20)/t7?,8-,9?,10?,12-/m1/s1. The number of anilines is 1. The van der Waals surface area contributed by atoms with Crippen LogP contribution in [0.4, 0.5) is 5.82 Å². The molecule has 2 rings (SSSR count). The van der Waals surface area contributed by atoms with E-state index in [1.165, 1.54) is 13.3 Å². The van der Waals surface area contributed by atoms with E-state index in [1.54, 1.807) is 0 Å². The number of nitrogen functional groups attached to an aromatic ring is 1. The highest BCUT2D eigenvalue weighted by molar-refractivity contribution is 5.38. The van der Waals surface area contributed by atoms with E-state index in [4.69, 9.17) is 20.3 Å². The van der Waals surface area contributed by atoms with Gasteiger partial charge in [0.2, 0.25) is 0 Å². The van der Waals surface area contributed by atoms with E-state index < -0.39 is 36.8 Å². The second-order valence-electron chi connectivity index (χ2n) is 5.13. The van der Waals surface area contributed by atoms with Gasteiger partial charge in [-0.1, -0.05) is 6.92 Å². The Kier molecular flexibility index (Phi) is 5.14. The topological polar surface area (TPSA) is 140 Å². The molecule has 0 aromatic carbocycles. The van der Waals surface area contributed by atoms with Crippen LogP contribution in [0.3, 0.4) is 0 Å². The molecule has 0 radical (unpaired) electrons. The Hall–Kier alpha value is -1.52. The molecule has 0 bridgehead atoms. The molecule has 5 atom stereocenters. The van der Waals surface area contributed by atoms with Crippen LogP contribution in [0.2, 0.25) is 0 Å². The van der Waals surface area contributed by atoms with Crippen molar-refractivity contribution in [2.24, 2.45) is 0 Å². The number of hydrogen-bond acceptors (Lipinski definition) is 8. The minimum absolute atomic E-state index is 0.0432. The quantitative estimate of drug-likeness (QED) is 0.516. The van der Waals surface area contributed by atoms with Crippen molar-refractivity contribution < 1.29 is 24.8 Å². The summed E-state index contributed by atoms with van der Waals surface area (Å²) >= 11 is 0. The summed E-state index contributed by atoms with van der Waals surface area (Å²) in [5.41, 5.74) is 5.53. The summed E-state index contributed by atoms with van der Waals surface area (Å²) in [5, 5.41) is 28.9. The van der Waals surface area contributed by atoms with Crippen LogP contribution in [0.1, 0.15) is 31.2 Å². The fraction of sp³-hybridized carbons (Fsp3) is 0.692. The molecule has 1 aliphatic heterocycles. The molecule has 124 valence electrons. The molecule has 0 spiro atoms. The number of ether oxygens (including phenoxy) is 2. The highest BCUT2D eigenvalue weighted by Crippen LogP contribution is 2.30. The monoisotopic (exact) mass is 315 g/mol. The highest BCUT2D eigenvalue weighted by Gasteiger charge is 2.44. The fourth-order valence-electron chi connectivity index (χ4n) is 2.55. The van der Waals surface area contributed by atoms with Gasteiger partial charge in [0.05, 0.1) is 12.7 Å². The number of aliphatic hydroxyl groups is 3. The van der Waals surface area contributed by atoms with Crippen molar-refractivity contribution in [1.82, 2.24) is 9.55 Å². The average molecular weight is 315 g/mol. The number of aromatic nitrogens is 2. The van der Waals surface area contributed by atoms with Gasteiger partial charge in [0, 0.05) is 18.9 Å². The molecule has 1 fully saturated rings. The SMILES string of the molecule is CCC(OC)c1cn([C@@H]2O[C@H](CO)C(O)C2O)c(=O)nc1N. The smallest absolute Gasteiger partial charge is 0.351 e. The first-order chi connectivity index (χ1) is 10.4. The van der Waals surface area contributed by atoms with Gasteiger partial charge in [0.25, 0.3) is 0 Å². The predicted molar refractivity (Wildman–Crippen MR) is 76.0 cm³/mol. The van der Waals surface area contributed by atoms with Crippen LogP contribution in [-0.2, 0) is 9.47 Å². The molecule has 1 aliphatic rings. The number of aliphatic hydroxyl groups excluding tert-OH is 3. The summed E-state index contributed by atoms with van der Waals surface area (Å²) in [6, 6.07) is 0. The van der Waals surface area contributed by atoms with Crippen LogP contribution < -0.4 is 11.4 Å². The third-order valence-electron chi connectivity index (χ3n) is 3.80. The van der Waals surface area contributed by atoms with Gasteiger partial charge in [-0.25, -0.2) is 4.79 Å². The van der Waals surface area contributed by atoms with E-state index in [0.29, 0.717) is 12.0 Å². The number of hydrogen-bond donors (Lipinski definition) is 4. The first-order valence-corrected chi connectivity index (χ1v) is 6.98. The molecule has 1 saturated heterocycles. The van der Waals surface area contributed by atoms with Crippen molar-refractivity contribution in [2.45, 2.75) is 44.0 Å². The molecule has 2 heterocycles. The van der Waals surface area contributed by atoms with Crippen LogP contribution in [0, 0.1) is 0 Å². The Bertz CT molecular complexity index is 573. The molecule has 0 amide bonds. The minimum Gasteiger partial charge on any atom is -0.394 e. The largest absolute Gasteiger partial charge is 0.394 e. The van der Waals surface area contributed by atoms with Crippen molar-refractivity contribution in [2.75, 3.05) is 19.5 Å². The van der Waals surface area contributed by atoms with Crippen LogP contribution >= 0.6 is 0 Å². The van der Waals surface area contributed by atoms with E-state index in [9.17, 15) is 15.0 Å². The van der Waals surface area contributed by atoms with E-state index in [-0.39, 0.29) is 11.9 Å². The Morgan fingerprint density at radius 1 is 1.50 bits per heavy atom. The number of nitrogens with zero attached hydrogens (tertiary/aromatic N) is 2. The van der Waals surface area contributed by atoms with Gasteiger partial charge in [0.1, 0.15) is 24.1 Å². The maximum atomic E-state index is 12.0. The molecule has 5 N–H and O–H groups in total. The molecular formula is C13H21N3O6.